The Hall–Kier alpha value is -3.52. The largest absolute Gasteiger partial charge is 0.454 e. The van der Waals surface area contributed by atoms with Gasteiger partial charge in [-0.05, 0) is 57.9 Å². The molecule has 0 aliphatic rings. The lowest BCUT2D eigenvalue weighted by Crippen LogP contribution is -2.55. The van der Waals surface area contributed by atoms with Gasteiger partial charge in [-0.25, -0.2) is 19.0 Å². The number of rotatable bonds is 6. The second-order valence-corrected chi connectivity index (χ2v) is 8.97. The molecule has 0 spiro atoms. The van der Waals surface area contributed by atoms with Crippen molar-refractivity contribution in [2.75, 3.05) is 20.1 Å². The SMILES string of the molecule is [C-]#[N+]c1cc(Cl)cc(Oc2c(Br)ccc(Cc3nn(C(=O)N(C)CC[NH3+])c4ncccc34)c2F)c1. The average molecular weight is 559 g/mol. The Morgan fingerprint density at radius 2 is 2.14 bits per heavy atom. The molecule has 0 unspecified atom stereocenters. The number of nitrogens with zero attached hydrogens (tertiary/aromatic N) is 5. The summed E-state index contributed by atoms with van der Waals surface area (Å²) in [6, 6.07) is 10.9. The van der Waals surface area contributed by atoms with E-state index < -0.39 is 5.82 Å². The third-order valence-electron chi connectivity index (χ3n) is 5.21. The fourth-order valence-corrected chi connectivity index (χ4v) is 4.15. The molecule has 1 amide bonds. The monoisotopic (exact) mass is 557 g/mol. The first-order valence-electron chi connectivity index (χ1n) is 10.5. The highest BCUT2D eigenvalue weighted by atomic mass is 79.9. The number of hydrogen-bond acceptors (Lipinski definition) is 4. The Labute approximate surface area is 214 Å². The number of fused-ring (bicyclic) bond motifs is 1. The second kappa shape index (κ2) is 10.4. The van der Waals surface area contributed by atoms with Gasteiger partial charge in [-0.1, -0.05) is 17.7 Å². The summed E-state index contributed by atoms with van der Waals surface area (Å²) in [4.78, 5) is 22.1. The molecule has 2 aromatic carbocycles. The van der Waals surface area contributed by atoms with Crippen LogP contribution in [0.2, 0.25) is 5.02 Å². The van der Waals surface area contributed by atoms with Crippen LogP contribution >= 0.6 is 27.5 Å². The van der Waals surface area contributed by atoms with Gasteiger partial charge in [0.05, 0.1) is 29.8 Å². The van der Waals surface area contributed by atoms with Gasteiger partial charge in [0.2, 0.25) is 0 Å². The Morgan fingerprint density at radius 3 is 2.89 bits per heavy atom. The topological polar surface area (TPSA) is 92.3 Å². The minimum Gasteiger partial charge on any atom is -0.454 e. The summed E-state index contributed by atoms with van der Waals surface area (Å²) in [6.07, 6.45) is 1.67. The van der Waals surface area contributed by atoms with Gasteiger partial charge in [-0.2, -0.15) is 9.78 Å². The van der Waals surface area contributed by atoms with Crippen LogP contribution in [-0.4, -0.2) is 45.8 Å². The minimum absolute atomic E-state index is 0.0474. The van der Waals surface area contributed by atoms with Crippen LogP contribution in [-0.2, 0) is 6.42 Å². The standard InChI is InChI=1S/C24H19BrClFN6O2/c1-29-16-11-15(26)12-17(13-16)35-22-19(25)6-5-14(21(22)27)10-20-18-4-3-8-30-23(18)33(31-20)24(34)32(2)9-7-28/h3-6,8,11-13H,7,9-10,28H2,2H3/p+1. The number of likely N-dealkylation sites (N-methyl/N-ethyl adjacent to an activating group) is 1. The molecule has 0 bridgehead atoms. The molecular weight excluding hydrogens is 539 g/mol. The maximum atomic E-state index is 15.6. The summed E-state index contributed by atoms with van der Waals surface area (Å²) in [5, 5.41) is 5.42. The lowest BCUT2D eigenvalue weighted by atomic mass is 10.1. The number of halogens is 3. The summed E-state index contributed by atoms with van der Waals surface area (Å²) >= 11 is 9.39. The maximum absolute atomic E-state index is 15.6. The van der Waals surface area contributed by atoms with Gasteiger partial charge >= 0.3 is 6.03 Å². The molecule has 178 valence electrons. The maximum Gasteiger partial charge on any atom is 0.346 e. The summed E-state index contributed by atoms with van der Waals surface area (Å²) in [6.45, 7) is 8.21. The van der Waals surface area contributed by atoms with E-state index >= 15 is 4.39 Å². The average Bonchev–Trinajstić information content (AvgIpc) is 3.21. The summed E-state index contributed by atoms with van der Waals surface area (Å²) < 4.78 is 23.0. The van der Waals surface area contributed by atoms with Crippen molar-refractivity contribution in [3.63, 3.8) is 0 Å². The zero-order chi connectivity index (χ0) is 25.1. The number of amides is 1. The van der Waals surface area contributed by atoms with Crippen molar-refractivity contribution in [3.05, 3.63) is 86.6 Å². The van der Waals surface area contributed by atoms with Crippen LogP contribution in [0.1, 0.15) is 11.3 Å². The number of pyridine rings is 1. The molecule has 0 aliphatic carbocycles. The van der Waals surface area contributed by atoms with Gasteiger partial charge in [0.25, 0.3) is 0 Å². The second-order valence-electron chi connectivity index (χ2n) is 7.68. The predicted octanol–water partition coefficient (Wildman–Crippen LogP) is 5.06. The van der Waals surface area contributed by atoms with E-state index in [9.17, 15) is 4.79 Å². The molecule has 4 rings (SSSR count). The van der Waals surface area contributed by atoms with Crippen LogP contribution in [0.5, 0.6) is 11.5 Å². The van der Waals surface area contributed by atoms with Crippen molar-refractivity contribution >= 4 is 50.3 Å². The van der Waals surface area contributed by atoms with E-state index in [0.29, 0.717) is 44.9 Å². The van der Waals surface area contributed by atoms with Crippen molar-refractivity contribution in [2.24, 2.45) is 0 Å². The number of hydrogen-bond donors (Lipinski definition) is 1. The first-order chi connectivity index (χ1) is 16.8. The van der Waals surface area contributed by atoms with Crippen molar-refractivity contribution in [2.45, 2.75) is 6.42 Å². The molecule has 4 aromatic rings. The smallest absolute Gasteiger partial charge is 0.346 e. The van der Waals surface area contributed by atoms with Gasteiger partial charge in [-0.3, -0.25) is 0 Å². The number of aromatic nitrogens is 3. The molecule has 3 N–H and O–H groups in total. The van der Waals surface area contributed by atoms with Crippen LogP contribution in [0.25, 0.3) is 15.9 Å². The number of benzene rings is 2. The fraction of sp³-hybridized carbons (Fsp3) is 0.167. The van der Waals surface area contributed by atoms with Gasteiger partial charge in [0.1, 0.15) is 5.75 Å². The molecule has 0 radical (unpaired) electrons. The van der Waals surface area contributed by atoms with E-state index in [-0.39, 0.29) is 29.6 Å². The Morgan fingerprint density at radius 1 is 1.34 bits per heavy atom. The van der Waals surface area contributed by atoms with Crippen LogP contribution in [0.4, 0.5) is 14.9 Å². The summed E-state index contributed by atoms with van der Waals surface area (Å²) in [7, 11) is 1.66. The first-order valence-corrected chi connectivity index (χ1v) is 11.7. The van der Waals surface area contributed by atoms with Crippen LogP contribution in [0.15, 0.2) is 53.1 Å². The number of ether oxygens (including phenoxy) is 1. The molecule has 0 aliphatic heterocycles. The van der Waals surface area contributed by atoms with Gasteiger partial charge in [0, 0.05) is 30.1 Å². The third-order valence-corrected chi connectivity index (χ3v) is 6.05. The molecular formula is C24H20BrClFN6O2+. The first kappa shape index (κ1) is 24.6. The minimum atomic E-state index is -0.601. The van der Waals surface area contributed by atoms with Gasteiger partial charge in [0.15, 0.2) is 22.9 Å². The van der Waals surface area contributed by atoms with Crippen molar-refractivity contribution in [1.29, 1.82) is 0 Å². The molecule has 0 atom stereocenters. The molecule has 11 heteroatoms. The van der Waals surface area contributed by atoms with Crippen LogP contribution < -0.4 is 10.5 Å². The van der Waals surface area contributed by atoms with E-state index in [2.05, 4.69) is 36.6 Å². The molecule has 0 saturated carbocycles. The summed E-state index contributed by atoms with van der Waals surface area (Å²) in [5.74, 6) is -0.414. The fourth-order valence-electron chi connectivity index (χ4n) is 3.54. The molecule has 2 aromatic heterocycles. The van der Waals surface area contributed by atoms with E-state index in [1.54, 1.807) is 37.5 Å². The predicted molar refractivity (Wildman–Crippen MR) is 133 cm³/mol. The third kappa shape index (κ3) is 5.12. The molecule has 35 heavy (non-hydrogen) atoms. The lowest BCUT2D eigenvalue weighted by Gasteiger charge is -2.14. The van der Waals surface area contributed by atoms with Crippen LogP contribution in [0.3, 0.4) is 0 Å². The van der Waals surface area contributed by atoms with Crippen LogP contribution in [0, 0.1) is 12.4 Å². The lowest BCUT2D eigenvalue weighted by molar-refractivity contribution is -0.367. The zero-order valence-corrected chi connectivity index (χ0v) is 21.0. The van der Waals surface area contributed by atoms with Crippen molar-refractivity contribution in [1.82, 2.24) is 19.7 Å². The molecule has 8 nitrogen and oxygen atoms in total. The highest BCUT2D eigenvalue weighted by molar-refractivity contribution is 9.10. The van der Waals surface area contributed by atoms with E-state index in [0.717, 1.165) is 0 Å². The van der Waals surface area contributed by atoms with Crippen molar-refractivity contribution < 1.29 is 19.7 Å². The Kier molecular flexibility index (Phi) is 7.31. The number of carbonyl (C=O) groups is 1. The van der Waals surface area contributed by atoms with Crippen molar-refractivity contribution in [3.8, 4) is 11.5 Å². The van der Waals surface area contributed by atoms with E-state index in [4.69, 9.17) is 22.9 Å². The molecule has 2 heterocycles. The van der Waals surface area contributed by atoms with E-state index in [1.165, 1.54) is 27.8 Å². The molecule has 0 saturated heterocycles. The summed E-state index contributed by atoms with van der Waals surface area (Å²) in [5.41, 5.74) is 5.25. The number of quaternary nitrogens is 1. The Bertz CT molecular complexity index is 1470. The van der Waals surface area contributed by atoms with E-state index in [1.807, 2.05) is 0 Å². The zero-order valence-electron chi connectivity index (χ0n) is 18.6. The highest BCUT2D eigenvalue weighted by Crippen LogP contribution is 2.37. The normalized spacial score (nSPS) is 10.9. The highest BCUT2D eigenvalue weighted by Gasteiger charge is 2.22. The quantitative estimate of drug-likeness (QED) is 0.335. The van der Waals surface area contributed by atoms with Gasteiger partial charge < -0.3 is 15.4 Å². The molecule has 0 fully saturated rings. The Balaban J connectivity index is 1.72. The number of carbonyl (C=O) groups excluding carboxylic acids is 1. The van der Waals surface area contributed by atoms with Gasteiger partial charge in [-0.15, -0.1) is 0 Å².